The molecule has 0 saturated heterocycles. The van der Waals surface area contributed by atoms with Crippen LogP contribution in [0.5, 0.6) is 0 Å². The number of ether oxygens (including phenoxy) is 1. The summed E-state index contributed by atoms with van der Waals surface area (Å²) in [5.74, 6) is -0.101. The molecule has 14 heavy (non-hydrogen) atoms. The summed E-state index contributed by atoms with van der Waals surface area (Å²) in [5, 5.41) is 8.97. The maximum Gasteiger partial charge on any atom is 0.333 e. The quantitative estimate of drug-likeness (QED) is 0.504. The fraction of sp³-hybridized carbons (Fsp3) is 0.727. The number of aliphatic hydroxyl groups is 1. The summed E-state index contributed by atoms with van der Waals surface area (Å²) >= 11 is 0. The molecule has 3 heteroatoms. The van der Waals surface area contributed by atoms with Crippen molar-refractivity contribution in [3.63, 3.8) is 0 Å². The Morgan fingerprint density at radius 3 is 2.57 bits per heavy atom. The van der Waals surface area contributed by atoms with Gasteiger partial charge in [-0.25, -0.2) is 4.79 Å². The maximum absolute atomic E-state index is 11.0. The third-order valence-electron chi connectivity index (χ3n) is 2.06. The van der Waals surface area contributed by atoms with Gasteiger partial charge in [0, 0.05) is 12.2 Å². The van der Waals surface area contributed by atoms with Gasteiger partial charge in [0.15, 0.2) is 0 Å². The zero-order chi connectivity index (χ0) is 11.0. The molecule has 0 aromatic carbocycles. The highest BCUT2D eigenvalue weighted by Gasteiger charge is 2.08. The maximum atomic E-state index is 11.0. The average molecular weight is 200 g/mol. The molecule has 0 saturated carbocycles. The van der Waals surface area contributed by atoms with Gasteiger partial charge in [0.1, 0.15) is 0 Å². The molecule has 0 aliphatic carbocycles. The molecule has 0 fully saturated rings. The summed E-state index contributed by atoms with van der Waals surface area (Å²) in [6.45, 7) is 7.72. The van der Waals surface area contributed by atoms with Gasteiger partial charge >= 0.3 is 5.97 Å². The molecule has 0 aliphatic rings. The van der Waals surface area contributed by atoms with E-state index in [1.165, 1.54) is 0 Å². The molecule has 0 spiro atoms. The van der Waals surface area contributed by atoms with Crippen LogP contribution in [0.1, 0.15) is 33.1 Å². The van der Waals surface area contributed by atoms with E-state index in [1.807, 2.05) is 0 Å². The van der Waals surface area contributed by atoms with E-state index in [2.05, 4.69) is 13.5 Å². The molecule has 0 aliphatic heterocycles. The monoisotopic (exact) mass is 200 g/mol. The van der Waals surface area contributed by atoms with Gasteiger partial charge in [-0.3, -0.25) is 0 Å². The second-order valence-electron chi connectivity index (χ2n) is 3.54. The zero-order valence-corrected chi connectivity index (χ0v) is 9.08. The fourth-order valence-electron chi connectivity index (χ4n) is 1.18. The molecule has 1 unspecified atom stereocenters. The average Bonchev–Trinajstić information content (AvgIpc) is 2.16. The third-order valence-corrected chi connectivity index (χ3v) is 2.06. The van der Waals surface area contributed by atoms with Crippen LogP contribution >= 0.6 is 0 Å². The lowest BCUT2D eigenvalue weighted by atomic mass is 10.0. The van der Waals surface area contributed by atoms with Gasteiger partial charge in [-0.2, -0.15) is 0 Å². The van der Waals surface area contributed by atoms with Crippen LogP contribution < -0.4 is 0 Å². The number of rotatable bonds is 7. The van der Waals surface area contributed by atoms with Crippen molar-refractivity contribution < 1.29 is 14.6 Å². The molecular formula is C11H20O3. The van der Waals surface area contributed by atoms with Crippen LogP contribution in [0.3, 0.4) is 0 Å². The van der Waals surface area contributed by atoms with Crippen molar-refractivity contribution in [1.82, 2.24) is 0 Å². The minimum Gasteiger partial charge on any atom is -0.462 e. The fourth-order valence-corrected chi connectivity index (χ4v) is 1.18. The van der Waals surface area contributed by atoms with Crippen molar-refractivity contribution >= 4 is 5.97 Å². The second-order valence-corrected chi connectivity index (χ2v) is 3.54. The Hall–Kier alpha value is -0.830. The van der Waals surface area contributed by atoms with Crippen LogP contribution in [0.4, 0.5) is 0 Å². The van der Waals surface area contributed by atoms with Crippen LogP contribution in [-0.2, 0) is 9.53 Å². The number of carbonyl (C=O) groups excluding carboxylic acids is 1. The second kappa shape index (κ2) is 7.56. The summed E-state index contributed by atoms with van der Waals surface area (Å²) in [6, 6.07) is 0. The summed E-state index contributed by atoms with van der Waals surface area (Å²) in [6.07, 6.45) is 2.74. The van der Waals surface area contributed by atoms with E-state index in [1.54, 1.807) is 6.92 Å². The van der Waals surface area contributed by atoms with Gasteiger partial charge in [-0.05, 0) is 25.7 Å². The number of esters is 1. The molecule has 0 rings (SSSR count). The number of hydrogen-bond acceptors (Lipinski definition) is 3. The first-order chi connectivity index (χ1) is 6.61. The minimum atomic E-state index is -0.349. The largest absolute Gasteiger partial charge is 0.462 e. The predicted molar refractivity (Wildman–Crippen MR) is 55.9 cm³/mol. The Balaban J connectivity index is 3.60. The van der Waals surface area contributed by atoms with Gasteiger partial charge in [0.2, 0.25) is 0 Å². The lowest BCUT2D eigenvalue weighted by Crippen LogP contribution is -2.12. The highest BCUT2D eigenvalue weighted by molar-refractivity contribution is 5.86. The molecule has 3 nitrogen and oxygen atoms in total. The molecule has 0 heterocycles. The molecule has 0 aromatic heterocycles. The highest BCUT2D eigenvalue weighted by Crippen LogP contribution is 2.10. The normalized spacial score (nSPS) is 12.2. The van der Waals surface area contributed by atoms with E-state index < -0.39 is 0 Å². The number of aliphatic hydroxyl groups excluding tert-OH is 1. The SMILES string of the molecule is C=C(C)C(=O)OCCC(CO)CCC. The van der Waals surface area contributed by atoms with Crippen molar-refractivity contribution in [3.05, 3.63) is 12.2 Å². The summed E-state index contributed by atoms with van der Waals surface area (Å²) < 4.78 is 4.93. The van der Waals surface area contributed by atoms with E-state index in [0.29, 0.717) is 12.2 Å². The number of carbonyl (C=O) groups is 1. The van der Waals surface area contributed by atoms with Gasteiger partial charge in [0.05, 0.1) is 6.61 Å². The van der Waals surface area contributed by atoms with Crippen molar-refractivity contribution in [1.29, 1.82) is 0 Å². The van der Waals surface area contributed by atoms with E-state index in [-0.39, 0.29) is 18.5 Å². The van der Waals surface area contributed by atoms with Crippen LogP contribution in [0, 0.1) is 5.92 Å². The smallest absolute Gasteiger partial charge is 0.333 e. The Labute approximate surface area is 85.8 Å². The third kappa shape index (κ3) is 5.75. The van der Waals surface area contributed by atoms with E-state index in [0.717, 1.165) is 19.3 Å². The lowest BCUT2D eigenvalue weighted by molar-refractivity contribution is -0.139. The van der Waals surface area contributed by atoms with E-state index in [4.69, 9.17) is 9.84 Å². The summed E-state index contributed by atoms with van der Waals surface area (Å²) in [5.41, 5.74) is 0.418. The van der Waals surface area contributed by atoms with Gasteiger partial charge in [0.25, 0.3) is 0 Å². The van der Waals surface area contributed by atoms with Crippen LogP contribution in [0.2, 0.25) is 0 Å². The van der Waals surface area contributed by atoms with Gasteiger partial charge in [-0.15, -0.1) is 0 Å². The van der Waals surface area contributed by atoms with Crippen molar-refractivity contribution in [2.45, 2.75) is 33.1 Å². The first kappa shape index (κ1) is 13.2. The van der Waals surface area contributed by atoms with E-state index >= 15 is 0 Å². The zero-order valence-electron chi connectivity index (χ0n) is 9.08. The molecule has 0 amide bonds. The lowest BCUT2D eigenvalue weighted by Gasteiger charge is -2.12. The van der Waals surface area contributed by atoms with Gasteiger partial charge in [-0.1, -0.05) is 19.9 Å². The Bertz CT molecular complexity index is 187. The predicted octanol–water partition coefficient (Wildman–Crippen LogP) is 1.90. The molecular weight excluding hydrogens is 180 g/mol. The highest BCUT2D eigenvalue weighted by atomic mass is 16.5. The molecule has 82 valence electrons. The minimum absolute atomic E-state index is 0.165. The first-order valence-electron chi connectivity index (χ1n) is 5.05. The molecule has 0 bridgehead atoms. The Morgan fingerprint density at radius 1 is 1.50 bits per heavy atom. The topological polar surface area (TPSA) is 46.5 Å². The Kier molecular flexibility index (Phi) is 7.11. The van der Waals surface area contributed by atoms with Crippen LogP contribution in [-0.4, -0.2) is 24.3 Å². The first-order valence-corrected chi connectivity index (χ1v) is 5.05. The van der Waals surface area contributed by atoms with Crippen molar-refractivity contribution in [2.75, 3.05) is 13.2 Å². The summed E-state index contributed by atoms with van der Waals surface area (Å²) in [4.78, 5) is 11.0. The standard InChI is InChI=1S/C11H20O3/c1-4-5-10(8-12)6-7-14-11(13)9(2)3/h10,12H,2,4-8H2,1,3H3. The molecule has 1 atom stereocenters. The summed E-state index contributed by atoms with van der Waals surface area (Å²) in [7, 11) is 0. The van der Waals surface area contributed by atoms with Crippen molar-refractivity contribution in [2.24, 2.45) is 5.92 Å². The van der Waals surface area contributed by atoms with Crippen LogP contribution in [0.25, 0.3) is 0 Å². The molecule has 0 radical (unpaired) electrons. The van der Waals surface area contributed by atoms with Gasteiger partial charge < -0.3 is 9.84 Å². The molecule has 0 aromatic rings. The van der Waals surface area contributed by atoms with E-state index in [9.17, 15) is 4.79 Å². The van der Waals surface area contributed by atoms with Crippen molar-refractivity contribution in [3.8, 4) is 0 Å². The van der Waals surface area contributed by atoms with Crippen LogP contribution in [0.15, 0.2) is 12.2 Å². The number of hydrogen-bond donors (Lipinski definition) is 1. The molecule has 1 N–H and O–H groups in total. The Morgan fingerprint density at radius 2 is 2.14 bits per heavy atom.